The van der Waals surface area contributed by atoms with Crippen LogP contribution in [0.15, 0.2) is 97.1 Å². The summed E-state index contributed by atoms with van der Waals surface area (Å²) in [7, 11) is 0. The summed E-state index contributed by atoms with van der Waals surface area (Å²) in [4.78, 5) is 0. The first kappa shape index (κ1) is 74.5. The second-order valence-electron chi connectivity index (χ2n) is 12.4. The van der Waals surface area contributed by atoms with E-state index in [1.165, 1.54) is 77.9 Å². The molecule has 0 unspecified atom stereocenters. The zero-order chi connectivity index (χ0) is 33.4. The van der Waals surface area contributed by atoms with Crippen LogP contribution in [0, 0.1) is 96.9 Å². The maximum absolute atomic E-state index is 2.17. The van der Waals surface area contributed by atoms with E-state index in [1.807, 2.05) is 0 Å². The summed E-state index contributed by atoms with van der Waals surface area (Å²) < 4.78 is 0. The topological polar surface area (TPSA) is 0 Å². The van der Waals surface area contributed by atoms with Crippen molar-refractivity contribution in [3.8, 4) is 0 Å². The summed E-state index contributed by atoms with van der Waals surface area (Å²) in [6, 6.07) is 34.1. The van der Waals surface area contributed by atoms with Crippen LogP contribution in [0.25, 0.3) is 0 Å². The van der Waals surface area contributed by atoms with Crippen LogP contribution in [-0.2, 0) is 78.6 Å². The van der Waals surface area contributed by atoms with Crippen LogP contribution in [0.4, 0.5) is 0 Å². The summed E-state index contributed by atoms with van der Waals surface area (Å²) in [6.07, 6.45) is 0. The van der Waals surface area contributed by atoms with E-state index in [0.29, 0.717) is 0 Å². The number of aryl methyl sites for hydroxylation is 12. The molecule has 0 radical (unpaired) electrons. The van der Waals surface area contributed by atoms with Crippen LogP contribution in [0.1, 0.15) is 77.9 Å². The van der Waals surface area contributed by atoms with Crippen molar-refractivity contribution in [3.05, 3.63) is 175 Å². The second kappa shape index (κ2) is 40.7. The number of hydrogen-bond donors (Lipinski definition) is 0. The predicted molar refractivity (Wildman–Crippen MR) is 199 cm³/mol. The van der Waals surface area contributed by atoms with Crippen LogP contribution < -0.4 is 74.4 Å². The van der Waals surface area contributed by atoms with E-state index in [2.05, 4.69) is 194 Å². The summed E-state index contributed by atoms with van der Waals surface area (Å²) >= 11 is 0. The standard InChI is InChI=1S/2C8H11.4C7H9.6ClH.3Zr/c2*1-6-4-5-7(2)8(6)3;2*1-6-3-4-7(2)5-6;2*1-6-4-3-5-7(6)2;;;;;;;;;/h2*4-5H,1-3H3;4*3-5H,1-2H3;6*1H;;;/q6*-1;;;;;;;3*+4/p-6. The Balaban J connectivity index is -0.0000000606. The van der Waals surface area contributed by atoms with E-state index in [-0.39, 0.29) is 153 Å². The molecule has 0 aliphatic heterocycles. The third-order valence-electron chi connectivity index (χ3n) is 8.29. The maximum atomic E-state index is 2.17. The van der Waals surface area contributed by atoms with E-state index in [4.69, 9.17) is 0 Å². The molecule has 0 heterocycles. The molecule has 288 valence electrons. The van der Waals surface area contributed by atoms with Gasteiger partial charge in [0.15, 0.2) is 0 Å². The van der Waals surface area contributed by atoms with Crippen molar-refractivity contribution in [2.75, 3.05) is 0 Å². The fourth-order valence-corrected chi connectivity index (χ4v) is 4.26. The molecule has 0 nitrogen and oxygen atoms in total. The Kier molecular flexibility index (Phi) is 57.1. The fraction of sp³-hybridized carbons (Fsp3) is 0.318. The zero-order valence-electron chi connectivity index (χ0n) is 34.0. The van der Waals surface area contributed by atoms with E-state index in [0.717, 1.165) is 0 Å². The first-order chi connectivity index (χ1) is 20.6. The molecule has 0 aliphatic rings. The molecule has 53 heavy (non-hydrogen) atoms. The maximum Gasteiger partial charge on any atom is 4.00 e. The predicted octanol–water partition coefficient (Wildman–Crippen LogP) is -5.23. The molecule has 0 aromatic heterocycles. The molecule has 0 saturated carbocycles. The molecule has 0 N–H and O–H groups in total. The van der Waals surface area contributed by atoms with Crippen molar-refractivity contribution in [1.29, 1.82) is 0 Å². The number of halogens is 6. The average molecular weight is 1070 g/mol. The molecule has 0 aliphatic carbocycles. The summed E-state index contributed by atoms with van der Waals surface area (Å²) in [5.74, 6) is 0. The quantitative estimate of drug-likeness (QED) is 0.134. The molecular formula is C44H58Cl6Zr3. The average Bonchev–Trinajstić information content (AvgIpc) is 3.84. The van der Waals surface area contributed by atoms with Crippen molar-refractivity contribution >= 4 is 0 Å². The van der Waals surface area contributed by atoms with Crippen molar-refractivity contribution < 1.29 is 153 Å². The van der Waals surface area contributed by atoms with Gasteiger partial charge in [-0.05, 0) is 0 Å². The minimum atomic E-state index is 0. The Morgan fingerprint density at radius 2 is 0.623 bits per heavy atom. The minimum Gasteiger partial charge on any atom is -1.00 e. The minimum absolute atomic E-state index is 0. The van der Waals surface area contributed by atoms with E-state index < -0.39 is 0 Å². The second-order valence-corrected chi connectivity index (χ2v) is 12.4. The van der Waals surface area contributed by atoms with Gasteiger partial charge in [-0.15, -0.1) is 0 Å². The Hall–Kier alpha value is 0.489. The molecule has 6 aromatic carbocycles. The SMILES string of the molecule is Cc1cc[c-](C)c1.Cc1cc[c-](C)c1.Cc1cc[c-](C)c1C.Cc1cc[c-](C)c1C.Cc1ccc[c-]1C.Cc1ccc[c-]1C.[Cl-].[Cl-].[Cl-].[Cl-].[Cl-].[Cl-].[Zr+4].[Zr+4].[Zr+4]. The fourth-order valence-electron chi connectivity index (χ4n) is 4.26. The zero-order valence-corrected chi connectivity index (χ0v) is 45.9. The Morgan fingerprint density at radius 1 is 0.340 bits per heavy atom. The van der Waals surface area contributed by atoms with Crippen LogP contribution in [0.3, 0.4) is 0 Å². The third kappa shape index (κ3) is 32.2. The molecule has 0 saturated heterocycles. The monoisotopic (exact) mass is 1070 g/mol. The summed E-state index contributed by atoms with van der Waals surface area (Å²) in [6.45, 7) is 29.8. The van der Waals surface area contributed by atoms with Crippen molar-refractivity contribution in [2.24, 2.45) is 0 Å². The van der Waals surface area contributed by atoms with Crippen molar-refractivity contribution in [3.63, 3.8) is 0 Å². The van der Waals surface area contributed by atoms with Gasteiger partial charge < -0.3 is 74.4 Å². The molecule has 0 atom stereocenters. The summed E-state index contributed by atoms with van der Waals surface area (Å²) in [5.41, 5.74) is 19.5. The largest absolute Gasteiger partial charge is 4.00 e. The molecule has 6 rings (SSSR count). The Morgan fingerprint density at radius 3 is 0.679 bits per heavy atom. The Labute approximate surface area is 419 Å². The van der Waals surface area contributed by atoms with E-state index in [9.17, 15) is 0 Å². The van der Waals surface area contributed by atoms with Gasteiger partial charge >= 0.3 is 78.6 Å². The molecule has 0 fully saturated rings. The smallest absolute Gasteiger partial charge is 1.00 e. The molecule has 0 bridgehead atoms. The van der Waals surface area contributed by atoms with Crippen LogP contribution in [0.2, 0.25) is 0 Å². The number of rotatable bonds is 0. The van der Waals surface area contributed by atoms with Gasteiger partial charge in [-0.25, -0.2) is 59.7 Å². The molecular weight excluding hydrogens is 1010 g/mol. The normalized spacial score (nSPS) is 7.96. The first-order valence-corrected chi connectivity index (χ1v) is 15.8. The first-order valence-electron chi connectivity index (χ1n) is 15.8. The molecule has 9 heteroatoms. The van der Waals surface area contributed by atoms with Crippen LogP contribution >= 0.6 is 0 Å². The van der Waals surface area contributed by atoms with Gasteiger partial charge in [-0.1, -0.05) is 96.9 Å². The van der Waals surface area contributed by atoms with Crippen molar-refractivity contribution in [2.45, 2.75) is 96.9 Å². The number of hydrogen-bond acceptors (Lipinski definition) is 0. The van der Waals surface area contributed by atoms with Crippen LogP contribution in [0.5, 0.6) is 0 Å². The van der Waals surface area contributed by atoms with Crippen LogP contribution in [-0.4, -0.2) is 0 Å². The van der Waals surface area contributed by atoms with Gasteiger partial charge in [0.25, 0.3) is 0 Å². The van der Waals surface area contributed by atoms with Gasteiger partial charge in [0.2, 0.25) is 0 Å². The van der Waals surface area contributed by atoms with E-state index in [1.54, 1.807) is 0 Å². The Bertz CT molecular complexity index is 1400. The third-order valence-corrected chi connectivity index (χ3v) is 8.29. The van der Waals surface area contributed by atoms with Gasteiger partial charge in [-0.3, -0.25) is 0 Å². The van der Waals surface area contributed by atoms with Gasteiger partial charge in [0.1, 0.15) is 0 Å². The summed E-state index contributed by atoms with van der Waals surface area (Å²) in [5, 5.41) is 0. The molecule has 0 amide bonds. The van der Waals surface area contributed by atoms with Crippen molar-refractivity contribution in [1.82, 2.24) is 0 Å². The van der Waals surface area contributed by atoms with Gasteiger partial charge in [0, 0.05) is 0 Å². The van der Waals surface area contributed by atoms with Gasteiger partial charge in [-0.2, -0.15) is 115 Å². The molecule has 0 spiro atoms. The van der Waals surface area contributed by atoms with Gasteiger partial charge in [0.05, 0.1) is 0 Å². The molecule has 6 aromatic rings. The van der Waals surface area contributed by atoms with E-state index >= 15 is 0 Å².